The third-order valence-corrected chi connectivity index (χ3v) is 10.3. The summed E-state index contributed by atoms with van der Waals surface area (Å²) < 4.78 is 26.6. The summed E-state index contributed by atoms with van der Waals surface area (Å²) >= 11 is 6.21. The van der Waals surface area contributed by atoms with E-state index in [-0.39, 0.29) is 11.6 Å². The first kappa shape index (κ1) is 15.8. The average Bonchev–Trinajstić information content (AvgIpc) is 2.56. The maximum atomic E-state index is 13.3. The van der Waals surface area contributed by atoms with Crippen molar-refractivity contribution >= 4 is 28.5 Å². The van der Waals surface area contributed by atoms with Crippen molar-refractivity contribution < 1.29 is 8.78 Å². The van der Waals surface area contributed by atoms with Gasteiger partial charge in [-0.2, -0.15) is 0 Å². The first-order valence-electron chi connectivity index (χ1n) is 7.73. The minimum atomic E-state index is -2.04. The quantitative estimate of drug-likeness (QED) is 0.731. The highest BCUT2D eigenvalue weighted by Crippen LogP contribution is 2.54. The maximum absolute atomic E-state index is 13.3. The average molecular weight is 336 g/mol. The second-order valence-electron chi connectivity index (χ2n) is 5.90. The van der Waals surface area contributed by atoms with Crippen molar-refractivity contribution in [2.24, 2.45) is 0 Å². The molecule has 0 unspecified atom stereocenters. The van der Waals surface area contributed by atoms with Crippen LogP contribution in [0.1, 0.15) is 32.1 Å². The maximum Gasteiger partial charge on any atom is 0.123 e. The van der Waals surface area contributed by atoms with Crippen LogP contribution < -0.4 is 10.6 Å². The number of halogens is 2. The molecule has 0 radical (unpaired) electrons. The van der Waals surface area contributed by atoms with Crippen LogP contribution in [0.15, 0.2) is 48.5 Å². The van der Waals surface area contributed by atoms with Crippen LogP contribution >= 0.6 is 6.04 Å². The highest BCUT2D eigenvalue weighted by Gasteiger charge is 2.33. The van der Waals surface area contributed by atoms with Gasteiger partial charge in [0.2, 0.25) is 0 Å². The van der Waals surface area contributed by atoms with Crippen molar-refractivity contribution in [2.45, 2.75) is 37.8 Å². The van der Waals surface area contributed by atoms with Gasteiger partial charge in [-0.3, -0.25) is 0 Å². The molecule has 0 aromatic heterocycles. The van der Waals surface area contributed by atoms with E-state index in [9.17, 15) is 8.78 Å². The van der Waals surface area contributed by atoms with Crippen LogP contribution in [-0.2, 0) is 11.8 Å². The third-order valence-electron chi connectivity index (χ3n) is 4.51. The summed E-state index contributed by atoms with van der Waals surface area (Å²) in [6.45, 7) is 0. The van der Waals surface area contributed by atoms with Gasteiger partial charge in [0.25, 0.3) is 0 Å². The lowest BCUT2D eigenvalue weighted by molar-refractivity contribution is 0.512. The predicted octanol–water partition coefficient (Wildman–Crippen LogP) is 4.73. The molecule has 0 nitrogen and oxygen atoms in total. The fourth-order valence-corrected chi connectivity index (χ4v) is 8.12. The molecule has 1 saturated carbocycles. The van der Waals surface area contributed by atoms with E-state index in [0.29, 0.717) is 5.66 Å². The largest absolute Gasteiger partial charge is 0.207 e. The zero-order chi connectivity index (χ0) is 15.6. The van der Waals surface area contributed by atoms with Crippen LogP contribution in [-0.4, -0.2) is 5.66 Å². The molecule has 0 spiro atoms. The van der Waals surface area contributed by atoms with E-state index in [0.717, 1.165) is 23.5 Å². The number of rotatable bonds is 3. The molecule has 0 N–H and O–H groups in total. The molecule has 116 valence electrons. The molecule has 0 heterocycles. The topological polar surface area (TPSA) is 0 Å². The lowest BCUT2D eigenvalue weighted by Crippen LogP contribution is -2.27. The van der Waals surface area contributed by atoms with Gasteiger partial charge in [0.1, 0.15) is 11.6 Å². The molecule has 2 aromatic rings. The van der Waals surface area contributed by atoms with Gasteiger partial charge in [0.05, 0.1) is 0 Å². The van der Waals surface area contributed by atoms with E-state index in [1.807, 2.05) is 24.3 Å². The molecule has 2 aromatic carbocycles. The van der Waals surface area contributed by atoms with Crippen molar-refractivity contribution in [2.75, 3.05) is 0 Å². The van der Waals surface area contributed by atoms with E-state index in [1.54, 1.807) is 0 Å². The number of hydrogen-bond acceptors (Lipinski definition) is 1. The van der Waals surface area contributed by atoms with Crippen molar-refractivity contribution in [3.8, 4) is 0 Å². The third kappa shape index (κ3) is 3.02. The first-order valence-corrected chi connectivity index (χ1v) is 10.6. The van der Waals surface area contributed by atoms with Gasteiger partial charge in [-0.25, -0.2) is 8.78 Å². The van der Waals surface area contributed by atoms with Crippen molar-refractivity contribution in [3.05, 3.63) is 60.2 Å². The normalized spacial score (nSPS) is 16.6. The summed E-state index contributed by atoms with van der Waals surface area (Å²) in [5.74, 6) is -0.485. The van der Waals surface area contributed by atoms with Gasteiger partial charge < -0.3 is 0 Å². The van der Waals surface area contributed by atoms with Crippen LogP contribution in [0.2, 0.25) is 0 Å². The Morgan fingerprint density at radius 3 is 1.55 bits per heavy atom. The van der Waals surface area contributed by atoms with Gasteiger partial charge in [-0.1, -0.05) is 55.3 Å². The Bertz CT molecular complexity index is 624. The Kier molecular flexibility index (Phi) is 4.75. The molecule has 0 saturated heterocycles. The molecule has 4 heteroatoms. The van der Waals surface area contributed by atoms with E-state index in [2.05, 4.69) is 0 Å². The van der Waals surface area contributed by atoms with Crippen LogP contribution in [0, 0.1) is 11.6 Å². The molecule has 0 bridgehead atoms. The van der Waals surface area contributed by atoms with E-state index in [4.69, 9.17) is 11.8 Å². The van der Waals surface area contributed by atoms with Crippen molar-refractivity contribution in [3.63, 3.8) is 0 Å². The van der Waals surface area contributed by atoms with Crippen molar-refractivity contribution in [1.82, 2.24) is 0 Å². The zero-order valence-corrected chi connectivity index (χ0v) is 14.1. The Hall–Kier alpha value is -1.05. The summed E-state index contributed by atoms with van der Waals surface area (Å²) in [5.41, 5.74) is 0.437. The zero-order valence-electron chi connectivity index (χ0n) is 12.3. The van der Waals surface area contributed by atoms with Crippen LogP contribution in [0.4, 0.5) is 8.78 Å². The van der Waals surface area contributed by atoms with Crippen LogP contribution in [0.3, 0.4) is 0 Å². The second kappa shape index (κ2) is 6.60. The molecule has 1 aliphatic rings. The summed E-state index contributed by atoms with van der Waals surface area (Å²) in [6, 6.07) is 11.2. The standard InChI is InChI=1S/C18H19F2PS/c19-14-6-10-17(11-7-14)21(22,16-4-2-1-3-5-16)18-12-8-15(20)9-13-18/h6-13,16H,1-5H2. The molecular weight excluding hydrogens is 317 g/mol. The van der Waals surface area contributed by atoms with Crippen LogP contribution in [0.5, 0.6) is 0 Å². The highest BCUT2D eigenvalue weighted by molar-refractivity contribution is 8.22. The summed E-state index contributed by atoms with van der Waals surface area (Å²) in [5, 5.41) is 2.09. The molecule has 3 rings (SSSR count). The second-order valence-corrected chi connectivity index (χ2v) is 10.7. The summed E-state index contributed by atoms with van der Waals surface area (Å²) in [7, 11) is 0. The van der Waals surface area contributed by atoms with E-state index < -0.39 is 6.04 Å². The van der Waals surface area contributed by atoms with E-state index >= 15 is 0 Å². The monoisotopic (exact) mass is 336 g/mol. The molecule has 0 aliphatic heterocycles. The molecule has 0 atom stereocenters. The molecule has 0 amide bonds. The first-order chi connectivity index (χ1) is 10.6. The Labute approximate surface area is 135 Å². The lowest BCUT2D eigenvalue weighted by Gasteiger charge is -2.35. The minimum Gasteiger partial charge on any atom is -0.207 e. The van der Waals surface area contributed by atoms with Gasteiger partial charge in [-0.15, -0.1) is 0 Å². The fourth-order valence-electron chi connectivity index (χ4n) is 3.34. The predicted molar refractivity (Wildman–Crippen MR) is 93.2 cm³/mol. The van der Waals surface area contributed by atoms with E-state index in [1.165, 1.54) is 43.5 Å². The highest BCUT2D eigenvalue weighted by atomic mass is 32.4. The minimum absolute atomic E-state index is 0.243. The van der Waals surface area contributed by atoms with Crippen molar-refractivity contribution in [1.29, 1.82) is 0 Å². The number of benzene rings is 2. The SMILES string of the molecule is Fc1ccc(P(=S)(c2ccc(F)cc2)C2CCCCC2)cc1. The summed E-state index contributed by atoms with van der Waals surface area (Å²) in [4.78, 5) is 0. The fraction of sp³-hybridized carbons (Fsp3) is 0.333. The molecule has 22 heavy (non-hydrogen) atoms. The van der Waals surface area contributed by atoms with Gasteiger partial charge in [-0.05, 0) is 53.4 Å². The number of hydrogen-bond donors (Lipinski definition) is 0. The Morgan fingerprint density at radius 2 is 1.14 bits per heavy atom. The smallest absolute Gasteiger partial charge is 0.123 e. The van der Waals surface area contributed by atoms with Crippen LogP contribution in [0.25, 0.3) is 0 Å². The molecule has 1 aliphatic carbocycles. The summed E-state index contributed by atoms with van der Waals surface area (Å²) in [6.07, 6.45) is 5.90. The van der Waals surface area contributed by atoms with Gasteiger partial charge >= 0.3 is 0 Å². The Morgan fingerprint density at radius 1 is 0.727 bits per heavy atom. The van der Waals surface area contributed by atoms with Gasteiger partial charge in [0, 0.05) is 6.04 Å². The van der Waals surface area contributed by atoms with Gasteiger partial charge in [0.15, 0.2) is 0 Å². The lowest BCUT2D eigenvalue weighted by atomic mass is 10.0. The molecular formula is C18H19F2PS. The molecule has 1 fully saturated rings. The Balaban J connectivity index is 2.10.